The molecule has 3 amide bonds. The molecule has 0 aromatic carbocycles. The van der Waals surface area contributed by atoms with Crippen LogP contribution in [-0.4, -0.2) is 71.7 Å². The SMILES string of the molecule is O=C(CN1CCCCCC1=O)N1CCN(C(=O)C23CC4CC(CC(C4)C2)C3)CC1. The molecule has 6 rings (SSSR count). The van der Waals surface area contributed by atoms with Crippen LogP contribution < -0.4 is 0 Å². The van der Waals surface area contributed by atoms with E-state index in [1.165, 1.54) is 19.3 Å². The predicted octanol–water partition coefficient (Wildman–Crippen LogP) is 2.28. The molecule has 6 heteroatoms. The van der Waals surface area contributed by atoms with E-state index in [0.29, 0.717) is 45.1 Å². The first-order valence-corrected chi connectivity index (χ1v) is 11.9. The highest BCUT2D eigenvalue weighted by molar-refractivity contribution is 5.86. The molecule has 4 aliphatic carbocycles. The number of nitrogens with zero attached hydrogens (tertiary/aromatic N) is 3. The second kappa shape index (κ2) is 7.59. The van der Waals surface area contributed by atoms with Gasteiger partial charge in [-0.1, -0.05) is 6.42 Å². The minimum Gasteiger partial charge on any atom is -0.339 e. The highest BCUT2D eigenvalue weighted by Crippen LogP contribution is 2.60. The smallest absolute Gasteiger partial charge is 0.242 e. The van der Waals surface area contributed by atoms with Crippen LogP contribution in [-0.2, 0) is 14.4 Å². The number of carbonyl (C=O) groups excluding carboxylic acids is 3. The van der Waals surface area contributed by atoms with E-state index in [1.54, 1.807) is 4.90 Å². The predicted molar refractivity (Wildman–Crippen MR) is 109 cm³/mol. The zero-order valence-electron chi connectivity index (χ0n) is 17.6. The molecule has 6 nitrogen and oxygen atoms in total. The number of carbonyl (C=O) groups is 3. The molecule has 2 heterocycles. The lowest BCUT2D eigenvalue weighted by Crippen LogP contribution is -2.59. The molecule has 4 saturated carbocycles. The number of likely N-dealkylation sites (tertiary alicyclic amines) is 1. The van der Waals surface area contributed by atoms with E-state index < -0.39 is 0 Å². The van der Waals surface area contributed by atoms with Crippen LogP contribution in [0, 0.1) is 23.2 Å². The average Bonchev–Trinajstić information content (AvgIpc) is 2.91. The van der Waals surface area contributed by atoms with Gasteiger partial charge in [-0.2, -0.15) is 0 Å². The minimum atomic E-state index is -0.0839. The Kier molecular flexibility index (Phi) is 5.07. The van der Waals surface area contributed by atoms with Crippen molar-refractivity contribution in [2.45, 2.75) is 64.2 Å². The van der Waals surface area contributed by atoms with E-state index in [9.17, 15) is 14.4 Å². The molecule has 0 unspecified atom stereocenters. The molecule has 160 valence electrons. The summed E-state index contributed by atoms with van der Waals surface area (Å²) in [6, 6.07) is 0. The fraction of sp³-hybridized carbons (Fsp3) is 0.870. The lowest BCUT2D eigenvalue weighted by atomic mass is 9.49. The third kappa shape index (κ3) is 3.68. The Morgan fingerprint density at radius 3 is 2.00 bits per heavy atom. The van der Waals surface area contributed by atoms with Crippen LogP contribution in [0.2, 0.25) is 0 Å². The van der Waals surface area contributed by atoms with Crippen molar-refractivity contribution in [1.29, 1.82) is 0 Å². The Bertz CT molecular complexity index is 648. The summed E-state index contributed by atoms with van der Waals surface area (Å²) < 4.78 is 0. The summed E-state index contributed by atoms with van der Waals surface area (Å²) >= 11 is 0. The van der Waals surface area contributed by atoms with Gasteiger partial charge >= 0.3 is 0 Å². The van der Waals surface area contributed by atoms with Crippen LogP contribution in [0.25, 0.3) is 0 Å². The van der Waals surface area contributed by atoms with Crippen LogP contribution in [0.4, 0.5) is 0 Å². The molecule has 0 spiro atoms. The fourth-order valence-corrected chi connectivity index (χ4v) is 7.34. The lowest BCUT2D eigenvalue weighted by molar-refractivity contribution is -0.160. The van der Waals surface area contributed by atoms with E-state index in [4.69, 9.17) is 0 Å². The van der Waals surface area contributed by atoms with Gasteiger partial charge in [0, 0.05) is 39.1 Å². The number of piperazine rings is 1. The minimum absolute atomic E-state index is 0.0437. The van der Waals surface area contributed by atoms with Gasteiger partial charge in [0.2, 0.25) is 17.7 Å². The van der Waals surface area contributed by atoms with Crippen molar-refractivity contribution in [3.63, 3.8) is 0 Å². The second-order valence-electron chi connectivity index (χ2n) is 10.5. The molecular formula is C23H35N3O3. The number of amides is 3. The van der Waals surface area contributed by atoms with E-state index in [1.807, 2.05) is 9.80 Å². The van der Waals surface area contributed by atoms with Gasteiger partial charge in [0.1, 0.15) is 0 Å². The van der Waals surface area contributed by atoms with Gasteiger partial charge in [-0.3, -0.25) is 14.4 Å². The van der Waals surface area contributed by atoms with Gasteiger partial charge in [0.15, 0.2) is 0 Å². The van der Waals surface area contributed by atoms with Gasteiger partial charge in [-0.25, -0.2) is 0 Å². The van der Waals surface area contributed by atoms with E-state index >= 15 is 0 Å². The molecule has 6 aliphatic rings. The van der Waals surface area contributed by atoms with Crippen molar-refractivity contribution >= 4 is 17.7 Å². The van der Waals surface area contributed by atoms with Crippen molar-refractivity contribution in [3.8, 4) is 0 Å². The van der Waals surface area contributed by atoms with Gasteiger partial charge < -0.3 is 14.7 Å². The first-order chi connectivity index (χ1) is 14.0. The van der Waals surface area contributed by atoms with Crippen molar-refractivity contribution < 1.29 is 14.4 Å². The maximum atomic E-state index is 13.5. The Morgan fingerprint density at radius 2 is 1.38 bits per heavy atom. The molecule has 0 aromatic heterocycles. The Labute approximate surface area is 174 Å². The van der Waals surface area contributed by atoms with Crippen LogP contribution in [0.1, 0.15) is 64.2 Å². The van der Waals surface area contributed by atoms with Gasteiger partial charge in [-0.05, 0) is 69.1 Å². The Hall–Kier alpha value is -1.59. The Morgan fingerprint density at radius 1 is 0.793 bits per heavy atom. The van der Waals surface area contributed by atoms with Gasteiger partial charge in [-0.15, -0.1) is 0 Å². The molecule has 0 aromatic rings. The summed E-state index contributed by atoms with van der Waals surface area (Å²) in [5, 5.41) is 0. The highest BCUT2D eigenvalue weighted by Gasteiger charge is 2.55. The van der Waals surface area contributed by atoms with Crippen LogP contribution in [0.15, 0.2) is 0 Å². The maximum Gasteiger partial charge on any atom is 0.242 e. The number of rotatable bonds is 3. The van der Waals surface area contributed by atoms with Crippen molar-refractivity contribution in [1.82, 2.24) is 14.7 Å². The van der Waals surface area contributed by atoms with Gasteiger partial charge in [0.05, 0.1) is 12.0 Å². The molecule has 2 saturated heterocycles. The summed E-state index contributed by atoms with van der Waals surface area (Å²) in [5.41, 5.74) is -0.0839. The van der Waals surface area contributed by atoms with Crippen molar-refractivity contribution in [2.24, 2.45) is 23.2 Å². The first kappa shape index (κ1) is 19.4. The topological polar surface area (TPSA) is 60.9 Å². The molecule has 0 N–H and O–H groups in total. The van der Waals surface area contributed by atoms with Crippen LogP contribution in [0.5, 0.6) is 0 Å². The van der Waals surface area contributed by atoms with Crippen molar-refractivity contribution in [2.75, 3.05) is 39.3 Å². The Balaban J connectivity index is 1.16. The molecule has 0 radical (unpaired) electrons. The monoisotopic (exact) mass is 401 g/mol. The van der Waals surface area contributed by atoms with E-state index in [0.717, 1.165) is 56.3 Å². The van der Waals surface area contributed by atoms with Crippen LogP contribution >= 0.6 is 0 Å². The third-order valence-corrected chi connectivity index (χ3v) is 8.41. The highest BCUT2D eigenvalue weighted by atomic mass is 16.2. The maximum absolute atomic E-state index is 13.5. The summed E-state index contributed by atoms with van der Waals surface area (Å²) in [6.07, 6.45) is 10.9. The summed E-state index contributed by atoms with van der Waals surface area (Å²) in [7, 11) is 0. The fourth-order valence-electron chi connectivity index (χ4n) is 7.34. The molecule has 2 aliphatic heterocycles. The normalized spacial score (nSPS) is 37.0. The number of hydrogen-bond acceptors (Lipinski definition) is 3. The molecular weight excluding hydrogens is 366 g/mol. The third-order valence-electron chi connectivity index (χ3n) is 8.41. The van der Waals surface area contributed by atoms with Crippen molar-refractivity contribution in [3.05, 3.63) is 0 Å². The summed E-state index contributed by atoms with van der Waals surface area (Å²) in [6.45, 7) is 3.44. The van der Waals surface area contributed by atoms with E-state index in [2.05, 4.69) is 0 Å². The molecule has 6 fully saturated rings. The molecule has 4 bridgehead atoms. The quantitative estimate of drug-likeness (QED) is 0.729. The second-order valence-corrected chi connectivity index (χ2v) is 10.5. The average molecular weight is 402 g/mol. The van der Waals surface area contributed by atoms with Crippen LogP contribution in [0.3, 0.4) is 0 Å². The molecule has 29 heavy (non-hydrogen) atoms. The lowest BCUT2D eigenvalue weighted by Gasteiger charge is -2.57. The standard InChI is InChI=1S/C23H35N3O3/c27-20-4-2-1-3-5-26(20)16-21(28)24-6-8-25(9-7-24)22(29)23-13-17-10-18(14-23)12-19(11-17)15-23/h17-19H,1-16H2. The summed E-state index contributed by atoms with van der Waals surface area (Å²) in [5.74, 6) is 2.87. The zero-order chi connectivity index (χ0) is 20.0. The van der Waals surface area contributed by atoms with E-state index in [-0.39, 0.29) is 23.8 Å². The molecule has 0 atom stereocenters. The van der Waals surface area contributed by atoms with Gasteiger partial charge in [0.25, 0.3) is 0 Å². The number of hydrogen-bond donors (Lipinski definition) is 0. The summed E-state index contributed by atoms with van der Waals surface area (Å²) in [4.78, 5) is 44.1. The zero-order valence-corrected chi connectivity index (χ0v) is 17.6. The first-order valence-electron chi connectivity index (χ1n) is 11.9. The largest absolute Gasteiger partial charge is 0.339 e.